The number of carbonyl (C=O) groups is 1. The molecule has 0 fully saturated rings. The van der Waals surface area contributed by atoms with E-state index in [0.717, 1.165) is 17.4 Å². The Morgan fingerprint density at radius 2 is 1.89 bits per heavy atom. The van der Waals surface area contributed by atoms with Gasteiger partial charge in [-0.05, 0) is 23.3 Å². The number of benzene rings is 2. The second-order valence-electron chi connectivity index (χ2n) is 3.73. The van der Waals surface area contributed by atoms with Crippen LogP contribution >= 0.6 is 0 Å². The molecule has 2 aromatic carbocycles. The quantitative estimate of drug-likeness (QED) is 0.602. The molecular formula is C16H12O2. The van der Waals surface area contributed by atoms with Crippen LogP contribution < -0.4 is 4.74 Å². The largest absolute Gasteiger partial charge is 0.480 e. The number of hydrogen-bond donors (Lipinski definition) is 0. The smallest absolute Gasteiger partial charge is 0.153 e. The molecule has 2 heteroatoms. The van der Waals surface area contributed by atoms with E-state index in [1.54, 1.807) is 12.1 Å². The highest BCUT2D eigenvalue weighted by molar-refractivity contribution is 5.83. The molecule has 0 saturated carbocycles. The molecule has 0 aliphatic rings. The van der Waals surface area contributed by atoms with Crippen LogP contribution in [0.5, 0.6) is 5.75 Å². The lowest BCUT2D eigenvalue weighted by atomic mass is 10.0. The summed E-state index contributed by atoms with van der Waals surface area (Å²) in [6.07, 6.45) is 5.90. The van der Waals surface area contributed by atoms with Gasteiger partial charge in [-0.25, -0.2) is 0 Å². The molecule has 2 aromatic rings. The molecule has 0 aromatic heterocycles. The molecule has 0 bridgehead atoms. The molecule has 0 unspecified atom stereocenters. The number of ether oxygens (including phenoxy) is 1. The van der Waals surface area contributed by atoms with Gasteiger partial charge in [0.2, 0.25) is 0 Å². The van der Waals surface area contributed by atoms with Crippen LogP contribution in [0.2, 0.25) is 0 Å². The molecule has 18 heavy (non-hydrogen) atoms. The summed E-state index contributed by atoms with van der Waals surface area (Å²) < 4.78 is 5.30. The van der Waals surface area contributed by atoms with Crippen LogP contribution in [0.4, 0.5) is 0 Å². The van der Waals surface area contributed by atoms with Crippen molar-refractivity contribution in [2.24, 2.45) is 0 Å². The molecule has 0 radical (unpaired) electrons. The average molecular weight is 236 g/mol. The fourth-order valence-corrected chi connectivity index (χ4v) is 1.70. The Bertz CT molecular complexity index is 580. The normalized spacial score (nSPS) is 9.50. The van der Waals surface area contributed by atoms with E-state index in [4.69, 9.17) is 11.2 Å². The van der Waals surface area contributed by atoms with Crippen molar-refractivity contribution in [3.63, 3.8) is 0 Å². The summed E-state index contributed by atoms with van der Waals surface area (Å²) in [6.45, 7) is 0.158. The summed E-state index contributed by atoms with van der Waals surface area (Å²) in [6, 6.07) is 15.3. The van der Waals surface area contributed by atoms with Gasteiger partial charge in [0.1, 0.15) is 12.4 Å². The first-order valence-corrected chi connectivity index (χ1v) is 5.56. The van der Waals surface area contributed by atoms with Crippen LogP contribution in [0.25, 0.3) is 11.1 Å². The van der Waals surface area contributed by atoms with Crippen LogP contribution in [0.3, 0.4) is 0 Å². The summed E-state index contributed by atoms with van der Waals surface area (Å²) in [5.74, 6) is 2.89. The second-order valence-corrected chi connectivity index (χ2v) is 3.73. The zero-order valence-electron chi connectivity index (χ0n) is 9.80. The van der Waals surface area contributed by atoms with E-state index in [9.17, 15) is 4.79 Å². The fraction of sp³-hybridized carbons (Fsp3) is 0.0625. The Hall–Kier alpha value is -2.53. The maximum absolute atomic E-state index is 11.0. The van der Waals surface area contributed by atoms with Crippen molar-refractivity contribution < 1.29 is 9.53 Å². The molecule has 0 heterocycles. The Morgan fingerprint density at radius 3 is 2.56 bits per heavy atom. The summed E-state index contributed by atoms with van der Waals surface area (Å²) in [4.78, 5) is 11.0. The van der Waals surface area contributed by atoms with E-state index in [0.29, 0.717) is 11.3 Å². The van der Waals surface area contributed by atoms with Gasteiger partial charge in [-0.3, -0.25) is 4.79 Å². The Kier molecular flexibility index (Phi) is 3.78. The predicted molar refractivity (Wildman–Crippen MR) is 71.6 cm³/mol. The first-order valence-electron chi connectivity index (χ1n) is 5.56. The summed E-state index contributed by atoms with van der Waals surface area (Å²) in [5, 5.41) is 0. The average Bonchev–Trinajstić information content (AvgIpc) is 2.46. The maximum atomic E-state index is 11.0. The Labute approximate surface area is 106 Å². The summed E-state index contributed by atoms with van der Waals surface area (Å²) in [5.41, 5.74) is 2.54. The molecule has 0 spiro atoms. The number of carbonyl (C=O) groups excluding carboxylic acids is 1. The van der Waals surface area contributed by atoms with Gasteiger partial charge in [0, 0.05) is 0 Å². The Balaban J connectivity index is 2.36. The van der Waals surface area contributed by atoms with E-state index >= 15 is 0 Å². The number of hydrogen-bond acceptors (Lipinski definition) is 2. The van der Waals surface area contributed by atoms with Gasteiger partial charge >= 0.3 is 0 Å². The highest BCUT2D eigenvalue weighted by Crippen LogP contribution is 2.25. The third kappa shape index (κ3) is 2.58. The highest BCUT2D eigenvalue weighted by atomic mass is 16.5. The molecule has 0 aliphatic carbocycles. The van der Waals surface area contributed by atoms with E-state index in [1.807, 2.05) is 36.4 Å². The zero-order valence-corrected chi connectivity index (χ0v) is 9.80. The lowest BCUT2D eigenvalue weighted by molar-refractivity contribution is 0.112. The minimum atomic E-state index is 0.158. The van der Waals surface area contributed by atoms with Gasteiger partial charge in [0.25, 0.3) is 0 Å². The summed E-state index contributed by atoms with van der Waals surface area (Å²) in [7, 11) is 0. The molecule has 2 nitrogen and oxygen atoms in total. The molecule has 0 saturated heterocycles. The Morgan fingerprint density at radius 1 is 1.11 bits per heavy atom. The molecule has 88 valence electrons. The molecule has 0 N–H and O–H groups in total. The van der Waals surface area contributed by atoms with Gasteiger partial charge in [0.05, 0.1) is 5.56 Å². The lowest BCUT2D eigenvalue weighted by Crippen LogP contribution is -1.97. The van der Waals surface area contributed by atoms with Crippen molar-refractivity contribution in [2.75, 3.05) is 6.61 Å². The number of aldehydes is 1. The molecular weight excluding hydrogens is 224 g/mol. The van der Waals surface area contributed by atoms with Gasteiger partial charge in [-0.15, -0.1) is 6.42 Å². The number of terminal acetylenes is 1. The van der Waals surface area contributed by atoms with Gasteiger partial charge in [-0.2, -0.15) is 0 Å². The SMILES string of the molecule is C#CCOc1ccc(-c2ccccc2)cc1C=O. The minimum Gasteiger partial charge on any atom is -0.480 e. The third-order valence-electron chi connectivity index (χ3n) is 2.55. The monoisotopic (exact) mass is 236 g/mol. The fourth-order valence-electron chi connectivity index (χ4n) is 1.70. The number of rotatable bonds is 4. The summed E-state index contributed by atoms with van der Waals surface area (Å²) >= 11 is 0. The van der Waals surface area contributed by atoms with Gasteiger partial charge < -0.3 is 4.74 Å². The maximum Gasteiger partial charge on any atom is 0.153 e. The first kappa shape index (κ1) is 11.9. The minimum absolute atomic E-state index is 0.158. The zero-order chi connectivity index (χ0) is 12.8. The topological polar surface area (TPSA) is 26.3 Å². The molecule has 0 atom stereocenters. The highest BCUT2D eigenvalue weighted by Gasteiger charge is 2.05. The van der Waals surface area contributed by atoms with Crippen molar-refractivity contribution in [3.05, 3.63) is 54.1 Å². The van der Waals surface area contributed by atoms with Gasteiger partial charge in [0.15, 0.2) is 6.29 Å². The van der Waals surface area contributed by atoms with Crippen LogP contribution in [-0.4, -0.2) is 12.9 Å². The van der Waals surface area contributed by atoms with Crippen molar-refractivity contribution in [1.29, 1.82) is 0 Å². The third-order valence-corrected chi connectivity index (χ3v) is 2.55. The molecule has 2 rings (SSSR count). The van der Waals surface area contributed by atoms with Crippen LogP contribution in [0.1, 0.15) is 10.4 Å². The molecule has 0 aliphatic heterocycles. The van der Waals surface area contributed by atoms with E-state index in [2.05, 4.69) is 5.92 Å². The van der Waals surface area contributed by atoms with Crippen molar-refractivity contribution >= 4 is 6.29 Å². The second kappa shape index (κ2) is 5.70. The van der Waals surface area contributed by atoms with Crippen LogP contribution in [-0.2, 0) is 0 Å². The predicted octanol–water partition coefficient (Wildman–Crippen LogP) is 3.18. The van der Waals surface area contributed by atoms with Crippen molar-refractivity contribution in [3.8, 4) is 29.2 Å². The van der Waals surface area contributed by atoms with Crippen molar-refractivity contribution in [1.82, 2.24) is 0 Å². The lowest BCUT2D eigenvalue weighted by Gasteiger charge is -2.08. The van der Waals surface area contributed by atoms with E-state index in [1.165, 1.54) is 0 Å². The van der Waals surface area contributed by atoms with Crippen LogP contribution in [0, 0.1) is 12.3 Å². The standard InChI is InChI=1S/C16H12O2/c1-2-10-18-16-9-8-14(11-15(16)12-17)13-6-4-3-5-7-13/h1,3-9,11-12H,10H2. The van der Waals surface area contributed by atoms with E-state index < -0.39 is 0 Å². The van der Waals surface area contributed by atoms with Crippen LogP contribution in [0.15, 0.2) is 48.5 Å². The van der Waals surface area contributed by atoms with E-state index in [-0.39, 0.29) is 6.61 Å². The van der Waals surface area contributed by atoms with Crippen molar-refractivity contribution in [2.45, 2.75) is 0 Å². The van der Waals surface area contributed by atoms with Gasteiger partial charge in [-0.1, -0.05) is 42.3 Å². The molecule has 0 amide bonds. The first-order chi connectivity index (χ1) is 8.85.